The summed E-state index contributed by atoms with van der Waals surface area (Å²) in [7, 11) is 0. The van der Waals surface area contributed by atoms with E-state index in [0.29, 0.717) is 0 Å². The average Bonchev–Trinajstić information content (AvgIpc) is 4.03. The average molecular weight is 861 g/mol. The number of anilines is 6. The first-order chi connectivity index (χ1) is 33.0. The molecule has 0 saturated heterocycles. The van der Waals surface area contributed by atoms with Gasteiger partial charge in [-0.1, -0.05) is 135 Å². The van der Waals surface area contributed by atoms with Gasteiger partial charge in [-0.05, 0) is 137 Å². The number of para-hydroxylation sites is 4. The lowest BCUT2D eigenvalue weighted by atomic mass is 9.80. The maximum atomic E-state index is 6.32. The molecule has 5 nitrogen and oxygen atoms in total. The third kappa shape index (κ3) is 6.19. The number of benzene rings is 10. The van der Waals surface area contributed by atoms with Crippen molar-refractivity contribution in [2.24, 2.45) is 0 Å². The van der Waals surface area contributed by atoms with E-state index in [-0.39, 0.29) is 5.41 Å². The van der Waals surface area contributed by atoms with Gasteiger partial charge >= 0.3 is 0 Å². The van der Waals surface area contributed by atoms with E-state index in [1.54, 1.807) is 0 Å². The summed E-state index contributed by atoms with van der Waals surface area (Å²) in [5.74, 6) is 0.893. The van der Waals surface area contributed by atoms with Gasteiger partial charge in [0.05, 0.1) is 11.0 Å². The molecule has 10 aromatic carbocycles. The first-order valence-electron chi connectivity index (χ1n) is 23.0. The monoisotopic (exact) mass is 860 g/mol. The Morgan fingerprint density at radius 1 is 0.418 bits per heavy atom. The molecule has 12 aromatic rings. The summed E-state index contributed by atoms with van der Waals surface area (Å²) in [5, 5.41) is 4.63. The minimum atomic E-state index is -0.141. The molecule has 318 valence electrons. The van der Waals surface area contributed by atoms with Crippen molar-refractivity contribution >= 4 is 77.9 Å². The number of nitrogens with zero attached hydrogens (tertiary/aromatic N) is 4. The summed E-state index contributed by atoms with van der Waals surface area (Å²) in [6.07, 6.45) is 0. The van der Waals surface area contributed by atoms with Crippen LogP contribution in [0.3, 0.4) is 0 Å². The molecule has 0 bridgehead atoms. The van der Waals surface area contributed by atoms with Gasteiger partial charge in [-0.2, -0.15) is 0 Å². The van der Waals surface area contributed by atoms with Gasteiger partial charge in [0.2, 0.25) is 0 Å². The first-order valence-corrected chi connectivity index (χ1v) is 23.0. The van der Waals surface area contributed by atoms with Crippen molar-refractivity contribution in [3.8, 4) is 28.2 Å². The summed E-state index contributed by atoms with van der Waals surface area (Å²) in [6, 6.07) is 82.3. The van der Waals surface area contributed by atoms with Crippen molar-refractivity contribution < 1.29 is 4.42 Å². The molecule has 0 atom stereocenters. The third-order valence-corrected chi connectivity index (χ3v) is 13.7. The van der Waals surface area contributed by atoms with Crippen molar-refractivity contribution in [1.29, 1.82) is 0 Å². The van der Waals surface area contributed by atoms with E-state index >= 15 is 0 Å². The molecule has 0 spiro atoms. The van der Waals surface area contributed by atoms with Crippen LogP contribution in [0.2, 0.25) is 0 Å². The SMILES string of the molecule is CC1(C)c2ccccc2-c2ccc3c(ccc4nc(-c5ccc(N(c6cccc(N(c7ccccc7)c7ccccc7)c6)c6ccc7oc8ccccc8c7c6)cc5)n(-c5ccccc5)c43)c21. The third-order valence-electron chi connectivity index (χ3n) is 13.7. The van der Waals surface area contributed by atoms with E-state index in [2.05, 4.69) is 247 Å². The highest BCUT2D eigenvalue weighted by molar-refractivity contribution is 6.11. The molecule has 0 saturated carbocycles. The molecule has 67 heavy (non-hydrogen) atoms. The van der Waals surface area contributed by atoms with E-state index in [0.717, 1.165) is 84.2 Å². The quantitative estimate of drug-likeness (QED) is 0.153. The number of furan rings is 1. The predicted molar refractivity (Wildman–Crippen MR) is 278 cm³/mol. The Kier molecular flexibility index (Phi) is 8.80. The molecule has 0 radical (unpaired) electrons. The highest BCUT2D eigenvalue weighted by atomic mass is 16.3. The van der Waals surface area contributed by atoms with Crippen LogP contribution in [0, 0.1) is 0 Å². The number of fused-ring (bicyclic) bond motifs is 10. The second-order valence-electron chi connectivity index (χ2n) is 18.0. The zero-order chi connectivity index (χ0) is 44.6. The second kappa shape index (κ2) is 15.2. The van der Waals surface area contributed by atoms with Crippen LogP contribution in [0.4, 0.5) is 34.1 Å². The molecule has 13 rings (SSSR count). The Bertz CT molecular complexity index is 3790. The maximum Gasteiger partial charge on any atom is 0.145 e. The summed E-state index contributed by atoms with van der Waals surface area (Å²) in [5.41, 5.74) is 17.4. The van der Waals surface area contributed by atoms with Gasteiger partial charge < -0.3 is 14.2 Å². The second-order valence-corrected chi connectivity index (χ2v) is 18.0. The summed E-state index contributed by atoms with van der Waals surface area (Å²) < 4.78 is 8.68. The van der Waals surface area contributed by atoms with Crippen molar-refractivity contribution in [1.82, 2.24) is 9.55 Å². The molecule has 5 heteroatoms. The maximum absolute atomic E-state index is 6.32. The minimum absolute atomic E-state index is 0.141. The highest BCUT2D eigenvalue weighted by Gasteiger charge is 2.37. The molecule has 0 amide bonds. The van der Waals surface area contributed by atoms with Crippen LogP contribution < -0.4 is 9.80 Å². The minimum Gasteiger partial charge on any atom is -0.456 e. The number of imidazole rings is 1. The van der Waals surface area contributed by atoms with Crippen LogP contribution in [0.1, 0.15) is 25.0 Å². The molecule has 1 aliphatic carbocycles. The van der Waals surface area contributed by atoms with Gasteiger partial charge in [0.15, 0.2) is 0 Å². The standard InChI is InChI=1S/C62H44N4O/c1-62(2)55-27-14-12-25-49(55)51-34-35-53-52(59(51)62)36-37-56-60(53)66(44-21-10-5-11-22-44)61(63-56)41-29-31-45(32-30-41)65(48-33-38-58-54(40-48)50-26-13-15-28-57(50)67-58)47-24-16-23-46(39-47)64(42-17-6-3-7-18-42)43-19-8-4-9-20-43/h3-40H,1-2H3. The van der Waals surface area contributed by atoms with Crippen molar-refractivity contribution in [3.05, 3.63) is 242 Å². The molecule has 2 heterocycles. The van der Waals surface area contributed by atoms with E-state index in [4.69, 9.17) is 9.40 Å². The molecular formula is C62H44N4O. The number of aromatic nitrogens is 2. The molecule has 0 aliphatic heterocycles. The van der Waals surface area contributed by atoms with Crippen LogP contribution in [0.25, 0.3) is 71.9 Å². The Balaban J connectivity index is 0.980. The Morgan fingerprint density at radius 3 is 1.73 bits per heavy atom. The lowest BCUT2D eigenvalue weighted by molar-refractivity contribution is 0.666. The van der Waals surface area contributed by atoms with Crippen molar-refractivity contribution in [2.75, 3.05) is 9.80 Å². The van der Waals surface area contributed by atoms with Crippen molar-refractivity contribution in [3.63, 3.8) is 0 Å². The lowest BCUT2D eigenvalue weighted by Gasteiger charge is -2.29. The first kappa shape index (κ1) is 38.8. The van der Waals surface area contributed by atoms with Gasteiger partial charge in [0, 0.05) is 66.9 Å². The van der Waals surface area contributed by atoms with E-state index in [1.165, 1.54) is 33.0 Å². The van der Waals surface area contributed by atoms with Crippen LogP contribution in [-0.2, 0) is 5.41 Å². The Labute approximate surface area is 389 Å². The van der Waals surface area contributed by atoms with Crippen LogP contribution >= 0.6 is 0 Å². The summed E-state index contributed by atoms with van der Waals surface area (Å²) in [6.45, 7) is 4.72. The van der Waals surface area contributed by atoms with Crippen LogP contribution in [-0.4, -0.2) is 9.55 Å². The van der Waals surface area contributed by atoms with E-state index < -0.39 is 0 Å². The normalized spacial score (nSPS) is 12.7. The van der Waals surface area contributed by atoms with E-state index in [9.17, 15) is 0 Å². The van der Waals surface area contributed by atoms with Crippen molar-refractivity contribution in [2.45, 2.75) is 19.3 Å². The molecule has 1 aliphatic rings. The Hall–Kier alpha value is -8.67. The zero-order valence-electron chi connectivity index (χ0n) is 37.1. The highest BCUT2D eigenvalue weighted by Crippen LogP contribution is 2.52. The summed E-state index contributed by atoms with van der Waals surface area (Å²) >= 11 is 0. The predicted octanol–water partition coefficient (Wildman–Crippen LogP) is 17.0. The Morgan fingerprint density at radius 2 is 0.985 bits per heavy atom. The molecule has 0 unspecified atom stereocenters. The fourth-order valence-electron chi connectivity index (χ4n) is 10.7. The number of hydrogen-bond acceptors (Lipinski definition) is 4. The van der Waals surface area contributed by atoms with Gasteiger partial charge in [-0.15, -0.1) is 0 Å². The largest absolute Gasteiger partial charge is 0.456 e. The molecular weight excluding hydrogens is 817 g/mol. The zero-order valence-corrected chi connectivity index (χ0v) is 37.1. The fourth-order valence-corrected chi connectivity index (χ4v) is 10.7. The van der Waals surface area contributed by atoms with Gasteiger partial charge in [-0.25, -0.2) is 4.98 Å². The van der Waals surface area contributed by atoms with Crippen LogP contribution in [0.5, 0.6) is 0 Å². The number of rotatable bonds is 8. The molecule has 0 fully saturated rings. The van der Waals surface area contributed by atoms with Gasteiger partial charge in [-0.3, -0.25) is 4.57 Å². The fraction of sp³-hybridized carbons (Fsp3) is 0.0484. The van der Waals surface area contributed by atoms with Crippen LogP contribution in [0.15, 0.2) is 235 Å². The topological polar surface area (TPSA) is 37.4 Å². The lowest BCUT2D eigenvalue weighted by Crippen LogP contribution is -2.15. The van der Waals surface area contributed by atoms with Gasteiger partial charge in [0.1, 0.15) is 17.0 Å². The number of hydrogen-bond donors (Lipinski definition) is 0. The van der Waals surface area contributed by atoms with Gasteiger partial charge in [0.25, 0.3) is 0 Å². The smallest absolute Gasteiger partial charge is 0.145 e. The molecule has 2 aromatic heterocycles. The summed E-state index contributed by atoms with van der Waals surface area (Å²) in [4.78, 5) is 10.1. The molecule has 0 N–H and O–H groups in total. The van der Waals surface area contributed by atoms with E-state index in [1.807, 2.05) is 12.1 Å².